The molecule has 268 valence electrons. The van der Waals surface area contributed by atoms with E-state index in [1.54, 1.807) is 20.8 Å². The van der Waals surface area contributed by atoms with Crippen LogP contribution in [0.3, 0.4) is 0 Å². The number of esters is 1. The summed E-state index contributed by atoms with van der Waals surface area (Å²) < 4.78 is 11.0. The lowest BCUT2D eigenvalue weighted by molar-refractivity contribution is -0.159. The fourth-order valence-electron chi connectivity index (χ4n) is 8.76. The lowest BCUT2D eigenvalue weighted by atomic mass is 9.49. The standard InChI is InChI=1S/C40H52N4O6/c1-39(2,3)50-36(46)33(15-9-10-16-41-38(48)49-25-26-11-5-4-6-12-26)43-35(45)34(20-30-24-42-32-14-8-7-13-31(30)32)44-37(47)40-21-27-17-28(22-40)19-29(18-27)23-40/h4-8,11-14,24,27-29,33-34,42H,9-10,15-23,25H2,1-3H3,(H,41,48)(H,43,45)(H,44,47)/t27?,28?,29?,33-,34-,40?/m1/s1. The zero-order valence-electron chi connectivity index (χ0n) is 29.6. The number of alkyl carbamates (subject to hydrolysis) is 1. The predicted molar refractivity (Wildman–Crippen MR) is 191 cm³/mol. The van der Waals surface area contributed by atoms with Gasteiger partial charge in [0.05, 0.1) is 0 Å². The summed E-state index contributed by atoms with van der Waals surface area (Å²) in [7, 11) is 0. The van der Waals surface area contributed by atoms with Gasteiger partial charge in [-0.3, -0.25) is 9.59 Å². The summed E-state index contributed by atoms with van der Waals surface area (Å²) in [4.78, 5) is 57.3. The number of aromatic amines is 1. The smallest absolute Gasteiger partial charge is 0.407 e. The van der Waals surface area contributed by atoms with Crippen molar-refractivity contribution in [2.45, 2.75) is 109 Å². The third-order valence-electron chi connectivity index (χ3n) is 10.7. The van der Waals surface area contributed by atoms with Gasteiger partial charge in [-0.25, -0.2) is 9.59 Å². The molecule has 10 heteroatoms. The molecule has 4 bridgehead atoms. The first-order chi connectivity index (χ1) is 24.0. The van der Waals surface area contributed by atoms with E-state index < -0.39 is 41.1 Å². The van der Waals surface area contributed by atoms with Crippen LogP contribution in [0.2, 0.25) is 0 Å². The third kappa shape index (κ3) is 8.87. The first-order valence-electron chi connectivity index (χ1n) is 18.3. The number of hydrogen-bond donors (Lipinski definition) is 4. The SMILES string of the molecule is CC(C)(C)OC(=O)[C@@H](CCCCNC(=O)OCc1ccccc1)NC(=O)[C@@H](Cc1c[nH]c2ccccc12)NC(=O)C12CC3CC(CC(C3)C1)C2. The van der Waals surface area contributed by atoms with Crippen LogP contribution in [0.25, 0.3) is 10.9 Å². The summed E-state index contributed by atoms with van der Waals surface area (Å²) in [6.45, 7) is 5.91. The Morgan fingerprint density at radius 1 is 0.860 bits per heavy atom. The molecule has 2 aromatic carbocycles. The van der Waals surface area contributed by atoms with Gasteiger partial charge in [0, 0.05) is 35.5 Å². The number of carbonyl (C=O) groups excluding carboxylic acids is 4. The van der Waals surface area contributed by atoms with Crippen LogP contribution < -0.4 is 16.0 Å². The van der Waals surface area contributed by atoms with Gasteiger partial charge in [-0.1, -0.05) is 48.5 Å². The highest BCUT2D eigenvalue weighted by Gasteiger charge is 2.55. The first kappa shape index (κ1) is 35.5. The van der Waals surface area contributed by atoms with E-state index in [4.69, 9.17) is 9.47 Å². The first-order valence-corrected chi connectivity index (χ1v) is 18.3. The van der Waals surface area contributed by atoms with Gasteiger partial charge in [0.2, 0.25) is 11.8 Å². The molecule has 4 N–H and O–H groups in total. The van der Waals surface area contributed by atoms with Crippen molar-refractivity contribution in [3.05, 3.63) is 71.9 Å². The van der Waals surface area contributed by atoms with Crippen LogP contribution >= 0.6 is 0 Å². The molecule has 2 atom stereocenters. The number of nitrogens with one attached hydrogen (secondary N) is 4. The largest absolute Gasteiger partial charge is 0.458 e. The van der Waals surface area contributed by atoms with Gasteiger partial charge in [0.15, 0.2) is 0 Å². The quantitative estimate of drug-likeness (QED) is 0.116. The van der Waals surface area contributed by atoms with E-state index in [2.05, 4.69) is 20.9 Å². The van der Waals surface area contributed by atoms with Crippen molar-refractivity contribution in [2.75, 3.05) is 6.54 Å². The molecule has 10 nitrogen and oxygen atoms in total. The number of rotatable bonds is 14. The molecule has 1 aromatic heterocycles. The van der Waals surface area contributed by atoms with Crippen molar-refractivity contribution in [3.8, 4) is 0 Å². The normalized spacial score (nSPS) is 23.5. The fourth-order valence-corrected chi connectivity index (χ4v) is 8.76. The number of fused-ring (bicyclic) bond motifs is 1. The lowest BCUT2D eigenvalue weighted by Crippen LogP contribution is -2.59. The fraction of sp³-hybridized carbons (Fsp3) is 0.550. The summed E-state index contributed by atoms with van der Waals surface area (Å²) in [6, 6.07) is 15.6. The van der Waals surface area contributed by atoms with E-state index in [9.17, 15) is 19.2 Å². The molecule has 4 aliphatic carbocycles. The van der Waals surface area contributed by atoms with Gasteiger partial charge in [0.25, 0.3) is 0 Å². The molecule has 50 heavy (non-hydrogen) atoms. The second kappa shape index (κ2) is 15.3. The van der Waals surface area contributed by atoms with E-state index in [0.29, 0.717) is 43.6 Å². The molecular formula is C40H52N4O6. The molecule has 1 heterocycles. The van der Waals surface area contributed by atoms with Gasteiger partial charge < -0.3 is 30.4 Å². The average molecular weight is 685 g/mol. The van der Waals surface area contributed by atoms with Gasteiger partial charge in [-0.2, -0.15) is 0 Å². The minimum Gasteiger partial charge on any atom is -0.458 e. The van der Waals surface area contributed by atoms with Crippen molar-refractivity contribution < 1.29 is 28.7 Å². The Kier molecular flexibility index (Phi) is 10.8. The Hall–Kier alpha value is -4.34. The molecule has 4 fully saturated rings. The number of para-hydroxylation sites is 1. The molecule has 0 spiro atoms. The summed E-state index contributed by atoms with van der Waals surface area (Å²) in [5.74, 6) is 0.792. The summed E-state index contributed by atoms with van der Waals surface area (Å²) in [6.07, 6.45) is 9.39. The monoisotopic (exact) mass is 684 g/mol. The van der Waals surface area contributed by atoms with E-state index >= 15 is 0 Å². The topological polar surface area (TPSA) is 139 Å². The second-order valence-corrected chi connectivity index (χ2v) is 15.9. The Balaban J connectivity index is 1.11. The van der Waals surface area contributed by atoms with E-state index in [-0.39, 0.29) is 18.9 Å². The number of unbranched alkanes of at least 4 members (excludes halogenated alkanes) is 1. The molecule has 3 amide bonds. The minimum absolute atomic E-state index is 0.0318. The highest BCUT2D eigenvalue weighted by Crippen LogP contribution is 2.60. The predicted octanol–water partition coefficient (Wildman–Crippen LogP) is 6.33. The summed E-state index contributed by atoms with van der Waals surface area (Å²) in [5, 5.41) is 9.92. The van der Waals surface area contributed by atoms with Crippen molar-refractivity contribution >= 4 is 34.8 Å². The maximum absolute atomic E-state index is 14.2. The van der Waals surface area contributed by atoms with Crippen molar-refractivity contribution in [2.24, 2.45) is 23.2 Å². The Morgan fingerprint density at radius 2 is 1.52 bits per heavy atom. The van der Waals surface area contributed by atoms with E-state index in [0.717, 1.165) is 41.3 Å². The van der Waals surface area contributed by atoms with Crippen LogP contribution in [0.15, 0.2) is 60.8 Å². The highest BCUT2D eigenvalue weighted by molar-refractivity contribution is 5.93. The van der Waals surface area contributed by atoms with Crippen LogP contribution in [-0.4, -0.2) is 53.1 Å². The number of benzene rings is 2. The van der Waals surface area contributed by atoms with E-state index in [1.807, 2.05) is 60.8 Å². The van der Waals surface area contributed by atoms with Gasteiger partial charge in [0.1, 0.15) is 24.3 Å². The Labute approximate surface area is 294 Å². The van der Waals surface area contributed by atoms with Crippen LogP contribution in [0, 0.1) is 23.2 Å². The average Bonchev–Trinajstić information content (AvgIpc) is 3.48. The highest BCUT2D eigenvalue weighted by atomic mass is 16.6. The molecule has 0 saturated heterocycles. The number of hydrogen-bond acceptors (Lipinski definition) is 6. The van der Waals surface area contributed by atoms with Gasteiger partial charge in [-0.05, 0) is 114 Å². The number of H-pyrrole nitrogens is 1. The minimum atomic E-state index is -0.923. The number of aromatic nitrogens is 1. The summed E-state index contributed by atoms with van der Waals surface area (Å²) in [5.41, 5.74) is 1.60. The van der Waals surface area contributed by atoms with Crippen molar-refractivity contribution in [1.29, 1.82) is 0 Å². The zero-order chi connectivity index (χ0) is 35.3. The molecule has 3 aromatic rings. The molecule has 4 saturated carbocycles. The van der Waals surface area contributed by atoms with Crippen molar-refractivity contribution in [3.63, 3.8) is 0 Å². The summed E-state index contributed by atoms with van der Waals surface area (Å²) >= 11 is 0. The molecule has 0 aliphatic heterocycles. The Morgan fingerprint density at radius 3 is 2.20 bits per heavy atom. The lowest BCUT2D eigenvalue weighted by Gasteiger charge is -2.55. The van der Waals surface area contributed by atoms with Crippen LogP contribution in [0.1, 0.15) is 89.7 Å². The van der Waals surface area contributed by atoms with E-state index in [1.165, 1.54) is 19.3 Å². The number of carbonyl (C=O) groups is 4. The molecule has 4 aliphatic rings. The number of amides is 3. The second-order valence-electron chi connectivity index (χ2n) is 15.9. The third-order valence-corrected chi connectivity index (χ3v) is 10.7. The number of ether oxygens (including phenoxy) is 2. The molecule has 7 rings (SSSR count). The van der Waals surface area contributed by atoms with Crippen molar-refractivity contribution in [1.82, 2.24) is 20.9 Å². The van der Waals surface area contributed by atoms with Crippen LogP contribution in [-0.2, 0) is 36.9 Å². The van der Waals surface area contributed by atoms with Crippen LogP contribution in [0.4, 0.5) is 4.79 Å². The molecule has 0 unspecified atom stereocenters. The maximum Gasteiger partial charge on any atom is 0.407 e. The Bertz CT molecular complexity index is 1630. The van der Waals surface area contributed by atoms with Gasteiger partial charge >= 0.3 is 12.1 Å². The maximum atomic E-state index is 14.2. The molecular weight excluding hydrogens is 632 g/mol. The molecule has 0 radical (unpaired) electrons. The van der Waals surface area contributed by atoms with Gasteiger partial charge in [-0.15, -0.1) is 0 Å². The van der Waals surface area contributed by atoms with Crippen LogP contribution in [0.5, 0.6) is 0 Å². The zero-order valence-corrected chi connectivity index (χ0v) is 29.6.